The second-order valence-electron chi connectivity index (χ2n) is 6.67. The lowest BCUT2D eigenvalue weighted by Gasteiger charge is -2.46. The molecule has 20 heavy (non-hydrogen) atoms. The summed E-state index contributed by atoms with van der Waals surface area (Å²) in [6, 6.07) is 9.26. The number of hydrogen-bond acceptors (Lipinski definition) is 2. The number of nitrogens with zero attached hydrogens (tertiary/aromatic N) is 1. The average molecular weight is 274 g/mol. The zero-order valence-corrected chi connectivity index (χ0v) is 13.6. The summed E-state index contributed by atoms with van der Waals surface area (Å²) in [4.78, 5) is 2.68. The quantitative estimate of drug-likeness (QED) is 0.885. The molecule has 1 aliphatic heterocycles. The van der Waals surface area contributed by atoms with E-state index < -0.39 is 0 Å². The van der Waals surface area contributed by atoms with E-state index in [1.165, 1.54) is 43.5 Å². The summed E-state index contributed by atoms with van der Waals surface area (Å²) in [5.74, 6) is 0. The predicted octanol–water partition coefficient (Wildman–Crippen LogP) is 3.39. The van der Waals surface area contributed by atoms with E-state index in [0.29, 0.717) is 6.04 Å². The summed E-state index contributed by atoms with van der Waals surface area (Å²) in [5, 5.41) is 3.57. The van der Waals surface area contributed by atoms with Crippen LogP contribution in [0, 0.1) is 6.92 Å². The van der Waals surface area contributed by atoms with E-state index in [0.717, 1.165) is 6.42 Å². The van der Waals surface area contributed by atoms with Crippen molar-refractivity contribution in [2.75, 3.05) is 20.1 Å². The van der Waals surface area contributed by atoms with Gasteiger partial charge in [-0.15, -0.1) is 0 Å². The van der Waals surface area contributed by atoms with Crippen LogP contribution >= 0.6 is 0 Å². The number of likely N-dealkylation sites (tertiary alicyclic amines) is 1. The standard InChI is InChI=1S/C18H30N2/c1-15-10-6-7-11-16(15)14-17(19-4)18(2,3)20-12-8-5-9-13-20/h6-7,10-11,17,19H,5,8-9,12-14H2,1-4H3. The van der Waals surface area contributed by atoms with Gasteiger partial charge in [-0.2, -0.15) is 0 Å². The van der Waals surface area contributed by atoms with Gasteiger partial charge in [-0.3, -0.25) is 4.90 Å². The minimum atomic E-state index is 0.206. The zero-order chi connectivity index (χ0) is 14.6. The maximum atomic E-state index is 3.57. The lowest BCUT2D eigenvalue weighted by atomic mass is 9.85. The van der Waals surface area contributed by atoms with Crippen LogP contribution in [0.3, 0.4) is 0 Å². The molecule has 0 radical (unpaired) electrons. The van der Waals surface area contributed by atoms with Crippen LogP contribution in [0.5, 0.6) is 0 Å². The highest BCUT2D eigenvalue weighted by Gasteiger charge is 2.35. The first-order valence-corrected chi connectivity index (χ1v) is 8.02. The van der Waals surface area contributed by atoms with Gasteiger partial charge in [0.15, 0.2) is 0 Å². The summed E-state index contributed by atoms with van der Waals surface area (Å²) in [7, 11) is 2.11. The van der Waals surface area contributed by atoms with Crippen LogP contribution in [0.25, 0.3) is 0 Å². The predicted molar refractivity (Wildman–Crippen MR) is 87.2 cm³/mol. The molecule has 0 amide bonds. The highest BCUT2D eigenvalue weighted by atomic mass is 15.2. The van der Waals surface area contributed by atoms with Crippen molar-refractivity contribution >= 4 is 0 Å². The van der Waals surface area contributed by atoms with E-state index in [-0.39, 0.29) is 5.54 Å². The van der Waals surface area contributed by atoms with Gasteiger partial charge in [-0.1, -0.05) is 30.7 Å². The average Bonchev–Trinajstić information content (AvgIpc) is 2.47. The molecule has 1 saturated heterocycles. The highest BCUT2D eigenvalue weighted by molar-refractivity contribution is 5.27. The van der Waals surface area contributed by atoms with Crippen molar-refractivity contribution < 1.29 is 0 Å². The minimum Gasteiger partial charge on any atom is -0.315 e. The van der Waals surface area contributed by atoms with Crippen molar-refractivity contribution in [2.45, 2.75) is 58.0 Å². The normalized spacial score (nSPS) is 19.0. The number of likely N-dealkylation sites (N-methyl/N-ethyl adjacent to an activating group) is 1. The third-order valence-electron chi connectivity index (χ3n) is 5.06. The van der Waals surface area contributed by atoms with Gasteiger partial charge in [0.25, 0.3) is 0 Å². The van der Waals surface area contributed by atoms with Gasteiger partial charge in [-0.05, 0) is 71.3 Å². The fraction of sp³-hybridized carbons (Fsp3) is 0.667. The molecule has 0 spiro atoms. The van der Waals surface area contributed by atoms with Gasteiger partial charge in [0.2, 0.25) is 0 Å². The molecule has 1 fully saturated rings. The summed E-state index contributed by atoms with van der Waals surface area (Å²) >= 11 is 0. The SMILES string of the molecule is CNC(Cc1ccccc1C)C(C)(C)N1CCCCC1. The molecular weight excluding hydrogens is 244 g/mol. The molecule has 1 unspecified atom stereocenters. The topological polar surface area (TPSA) is 15.3 Å². The van der Waals surface area contributed by atoms with Crippen molar-refractivity contribution in [2.24, 2.45) is 0 Å². The Balaban J connectivity index is 2.12. The number of nitrogens with one attached hydrogen (secondary N) is 1. The molecule has 0 saturated carbocycles. The molecular formula is C18H30N2. The molecule has 1 N–H and O–H groups in total. The second-order valence-corrected chi connectivity index (χ2v) is 6.67. The molecule has 0 bridgehead atoms. The first-order valence-electron chi connectivity index (χ1n) is 8.02. The van der Waals surface area contributed by atoms with Crippen molar-refractivity contribution in [3.05, 3.63) is 35.4 Å². The Labute approximate surface area is 124 Å². The minimum absolute atomic E-state index is 0.206. The van der Waals surface area contributed by atoms with Crippen LogP contribution in [-0.4, -0.2) is 36.6 Å². The van der Waals surface area contributed by atoms with Crippen molar-refractivity contribution in [3.8, 4) is 0 Å². The molecule has 0 aliphatic carbocycles. The Kier molecular flexibility index (Phi) is 5.22. The third-order valence-corrected chi connectivity index (χ3v) is 5.06. The number of hydrogen-bond donors (Lipinski definition) is 1. The molecule has 1 aliphatic rings. The molecule has 1 aromatic rings. The largest absolute Gasteiger partial charge is 0.315 e. The lowest BCUT2D eigenvalue weighted by molar-refractivity contribution is 0.0635. The van der Waals surface area contributed by atoms with Gasteiger partial charge in [0.1, 0.15) is 0 Å². The Bertz CT molecular complexity index is 419. The van der Waals surface area contributed by atoms with Crippen molar-refractivity contribution in [1.82, 2.24) is 10.2 Å². The number of rotatable bonds is 5. The zero-order valence-electron chi connectivity index (χ0n) is 13.6. The third kappa shape index (κ3) is 3.42. The first-order chi connectivity index (χ1) is 9.55. The van der Waals surface area contributed by atoms with Crippen LogP contribution in [0.4, 0.5) is 0 Å². The van der Waals surface area contributed by atoms with E-state index in [1.54, 1.807) is 0 Å². The van der Waals surface area contributed by atoms with Crippen LogP contribution in [0.1, 0.15) is 44.2 Å². The number of aryl methyl sites for hydroxylation is 1. The maximum Gasteiger partial charge on any atom is 0.0309 e. The molecule has 2 nitrogen and oxygen atoms in total. The summed E-state index contributed by atoms with van der Waals surface area (Å²) in [5.41, 5.74) is 3.08. The molecule has 0 aromatic heterocycles. The first kappa shape index (κ1) is 15.5. The van der Waals surface area contributed by atoms with Crippen LogP contribution < -0.4 is 5.32 Å². The van der Waals surface area contributed by atoms with Gasteiger partial charge >= 0.3 is 0 Å². The second kappa shape index (κ2) is 6.73. The highest BCUT2D eigenvalue weighted by Crippen LogP contribution is 2.26. The Morgan fingerprint density at radius 3 is 2.40 bits per heavy atom. The van der Waals surface area contributed by atoms with E-state index in [9.17, 15) is 0 Å². The van der Waals surface area contributed by atoms with Gasteiger partial charge < -0.3 is 5.32 Å². The van der Waals surface area contributed by atoms with E-state index in [4.69, 9.17) is 0 Å². The molecule has 1 heterocycles. The van der Waals surface area contributed by atoms with Crippen LogP contribution in [0.15, 0.2) is 24.3 Å². The summed E-state index contributed by atoms with van der Waals surface area (Å²) in [6.07, 6.45) is 5.20. The summed E-state index contributed by atoms with van der Waals surface area (Å²) in [6.45, 7) is 9.52. The Hall–Kier alpha value is -0.860. The van der Waals surface area contributed by atoms with Gasteiger partial charge in [0, 0.05) is 11.6 Å². The monoisotopic (exact) mass is 274 g/mol. The van der Waals surface area contributed by atoms with Crippen LogP contribution in [-0.2, 0) is 6.42 Å². The molecule has 1 aromatic carbocycles. The van der Waals surface area contributed by atoms with Gasteiger partial charge in [0.05, 0.1) is 0 Å². The van der Waals surface area contributed by atoms with E-state index >= 15 is 0 Å². The molecule has 112 valence electrons. The lowest BCUT2D eigenvalue weighted by Crippen LogP contribution is -2.59. The fourth-order valence-electron chi connectivity index (χ4n) is 3.45. The number of piperidine rings is 1. The fourth-order valence-corrected chi connectivity index (χ4v) is 3.45. The van der Waals surface area contributed by atoms with Crippen LogP contribution in [0.2, 0.25) is 0 Å². The number of benzene rings is 1. The molecule has 1 atom stereocenters. The Morgan fingerprint density at radius 2 is 1.80 bits per heavy atom. The molecule has 2 heteroatoms. The smallest absolute Gasteiger partial charge is 0.0309 e. The van der Waals surface area contributed by atoms with Crippen molar-refractivity contribution in [3.63, 3.8) is 0 Å². The summed E-state index contributed by atoms with van der Waals surface area (Å²) < 4.78 is 0. The van der Waals surface area contributed by atoms with Gasteiger partial charge in [-0.25, -0.2) is 0 Å². The van der Waals surface area contributed by atoms with E-state index in [2.05, 4.69) is 62.3 Å². The maximum absolute atomic E-state index is 3.57. The van der Waals surface area contributed by atoms with Crippen molar-refractivity contribution in [1.29, 1.82) is 0 Å². The Morgan fingerprint density at radius 1 is 1.15 bits per heavy atom. The molecule has 2 rings (SSSR count). The van der Waals surface area contributed by atoms with E-state index in [1.807, 2.05) is 0 Å².